The lowest BCUT2D eigenvalue weighted by atomic mass is 10.4. The molecule has 0 aliphatic carbocycles. The lowest BCUT2D eigenvalue weighted by Gasteiger charge is -2.20. The summed E-state index contributed by atoms with van der Waals surface area (Å²) in [5.41, 5.74) is 0. The first-order valence-electron chi connectivity index (χ1n) is 5.57. The Bertz CT molecular complexity index is 415. The van der Waals surface area contributed by atoms with E-state index in [1.165, 1.54) is 7.11 Å². The Balaban J connectivity index is 2.87. The van der Waals surface area contributed by atoms with Crippen LogP contribution in [0.2, 0.25) is 5.28 Å². The Hall–Kier alpha value is -1.63. The van der Waals surface area contributed by atoms with E-state index in [0.29, 0.717) is 19.0 Å². The van der Waals surface area contributed by atoms with Crippen molar-refractivity contribution < 1.29 is 9.53 Å². The molecule has 0 aliphatic rings. The van der Waals surface area contributed by atoms with Crippen LogP contribution in [0, 0.1) is 0 Å². The number of hydrogen-bond donors (Lipinski definition) is 1. The predicted octanol–water partition coefficient (Wildman–Crippen LogP) is 0.496. The van der Waals surface area contributed by atoms with Crippen LogP contribution in [-0.4, -0.2) is 47.6 Å². The molecule has 0 atom stereocenters. The van der Waals surface area contributed by atoms with Gasteiger partial charge in [0.1, 0.15) is 0 Å². The number of methoxy groups -OCH3 is 1. The van der Waals surface area contributed by atoms with E-state index in [0.717, 1.165) is 0 Å². The van der Waals surface area contributed by atoms with Crippen LogP contribution in [0.15, 0.2) is 0 Å². The van der Waals surface area contributed by atoms with E-state index in [2.05, 4.69) is 20.3 Å². The first-order chi connectivity index (χ1) is 8.60. The van der Waals surface area contributed by atoms with Gasteiger partial charge in [0, 0.05) is 13.1 Å². The second-order valence-corrected chi connectivity index (χ2v) is 3.70. The summed E-state index contributed by atoms with van der Waals surface area (Å²) in [7, 11) is 1.44. The molecule has 0 unspecified atom stereocenters. The number of likely N-dealkylation sites (N-methyl/N-ethyl adjacent to an activating group) is 2. The van der Waals surface area contributed by atoms with Gasteiger partial charge in [-0.2, -0.15) is 15.0 Å². The number of halogens is 1. The van der Waals surface area contributed by atoms with E-state index >= 15 is 0 Å². The van der Waals surface area contributed by atoms with Crippen molar-refractivity contribution in [2.75, 3.05) is 31.6 Å². The lowest BCUT2D eigenvalue weighted by molar-refractivity contribution is -0.119. The molecular formula is C10H16ClN5O2. The molecule has 100 valence electrons. The van der Waals surface area contributed by atoms with Gasteiger partial charge in [0.2, 0.25) is 17.1 Å². The lowest BCUT2D eigenvalue weighted by Crippen LogP contribution is -2.38. The van der Waals surface area contributed by atoms with Crippen molar-refractivity contribution in [2.24, 2.45) is 0 Å². The molecule has 0 saturated carbocycles. The predicted molar refractivity (Wildman–Crippen MR) is 68.0 cm³/mol. The van der Waals surface area contributed by atoms with E-state index < -0.39 is 0 Å². The van der Waals surface area contributed by atoms with Crippen molar-refractivity contribution in [1.29, 1.82) is 0 Å². The minimum Gasteiger partial charge on any atom is -0.467 e. The van der Waals surface area contributed by atoms with E-state index in [-0.39, 0.29) is 23.7 Å². The minimum absolute atomic E-state index is 0.0335. The molecule has 1 aromatic rings. The molecule has 1 N–H and O–H groups in total. The largest absolute Gasteiger partial charge is 0.467 e. The Morgan fingerprint density at radius 3 is 2.67 bits per heavy atom. The van der Waals surface area contributed by atoms with Gasteiger partial charge < -0.3 is 15.0 Å². The second kappa shape index (κ2) is 6.95. The van der Waals surface area contributed by atoms with E-state index in [9.17, 15) is 4.79 Å². The standard InChI is InChI=1S/C10H16ClN5O2/c1-4-12-7(17)6-16(5-2)9-13-8(11)14-10(15-9)18-3/h4-6H2,1-3H3,(H,12,17). The first-order valence-corrected chi connectivity index (χ1v) is 5.95. The third kappa shape index (κ3) is 3.99. The van der Waals surface area contributed by atoms with Crippen molar-refractivity contribution >= 4 is 23.5 Å². The fourth-order valence-electron chi connectivity index (χ4n) is 1.31. The summed E-state index contributed by atoms with van der Waals surface area (Å²) >= 11 is 5.76. The zero-order chi connectivity index (χ0) is 13.5. The van der Waals surface area contributed by atoms with Crippen LogP contribution < -0.4 is 15.0 Å². The molecule has 0 radical (unpaired) electrons. The van der Waals surface area contributed by atoms with Gasteiger partial charge in [0.25, 0.3) is 0 Å². The van der Waals surface area contributed by atoms with Crippen molar-refractivity contribution in [1.82, 2.24) is 20.3 Å². The summed E-state index contributed by atoms with van der Waals surface area (Å²) in [5.74, 6) is 0.218. The molecule has 0 spiro atoms. The summed E-state index contributed by atoms with van der Waals surface area (Å²) in [6.07, 6.45) is 0. The molecule has 0 aromatic carbocycles. The average molecular weight is 274 g/mol. The highest BCUT2D eigenvalue weighted by Crippen LogP contribution is 2.14. The third-order valence-corrected chi connectivity index (χ3v) is 2.30. The van der Waals surface area contributed by atoms with Crippen molar-refractivity contribution in [3.63, 3.8) is 0 Å². The molecule has 0 fully saturated rings. The number of amides is 1. The highest BCUT2D eigenvalue weighted by atomic mass is 35.5. The van der Waals surface area contributed by atoms with Gasteiger partial charge in [0.15, 0.2) is 0 Å². The van der Waals surface area contributed by atoms with Crippen LogP contribution in [0.1, 0.15) is 13.8 Å². The molecule has 0 saturated heterocycles. The van der Waals surface area contributed by atoms with Gasteiger partial charge in [-0.3, -0.25) is 4.79 Å². The maximum absolute atomic E-state index is 11.5. The van der Waals surface area contributed by atoms with Gasteiger partial charge in [-0.25, -0.2) is 0 Å². The highest BCUT2D eigenvalue weighted by molar-refractivity contribution is 6.28. The average Bonchev–Trinajstić information content (AvgIpc) is 2.35. The summed E-state index contributed by atoms with van der Waals surface area (Å²) in [6.45, 7) is 5.06. The molecule has 0 bridgehead atoms. The smallest absolute Gasteiger partial charge is 0.322 e. The number of aromatic nitrogens is 3. The fourth-order valence-corrected chi connectivity index (χ4v) is 1.45. The Morgan fingerprint density at radius 1 is 1.39 bits per heavy atom. The van der Waals surface area contributed by atoms with E-state index in [1.807, 2.05) is 13.8 Å². The SMILES string of the molecule is CCNC(=O)CN(CC)c1nc(Cl)nc(OC)n1. The summed E-state index contributed by atoms with van der Waals surface area (Å²) in [4.78, 5) is 25.0. The zero-order valence-corrected chi connectivity index (χ0v) is 11.4. The van der Waals surface area contributed by atoms with Crippen molar-refractivity contribution in [3.8, 4) is 6.01 Å². The highest BCUT2D eigenvalue weighted by Gasteiger charge is 2.14. The Kier molecular flexibility index (Phi) is 5.57. The topological polar surface area (TPSA) is 80.2 Å². The Labute approximate surface area is 111 Å². The number of rotatable bonds is 6. The second-order valence-electron chi connectivity index (χ2n) is 3.36. The monoisotopic (exact) mass is 273 g/mol. The summed E-state index contributed by atoms with van der Waals surface area (Å²) in [5, 5.41) is 2.74. The quantitative estimate of drug-likeness (QED) is 0.813. The molecule has 1 aromatic heterocycles. The molecule has 7 nitrogen and oxygen atoms in total. The van der Waals surface area contributed by atoms with Gasteiger partial charge >= 0.3 is 6.01 Å². The number of carbonyl (C=O) groups excluding carboxylic acids is 1. The third-order valence-electron chi connectivity index (χ3n) is 2.13. The van der Waals surface area contributed by atoms with Crippen molar-refractivity contribution in [2.45, 2.75) is 13.8 Å². The maximum Gasteiger partial charge on any atom is 0.322 e. The molecular weight excluding hydrogens is 258 g/mol. The summed E-state index contributed by atoms with van der Waals surface area (Å²) < 4.78 is 4.91. The molecule has 1 amide bonds. The van der Waals surface area contributed by atoms with Gasteiger partial charge in [0.05, 0.1) is 13.7 Å². The number of hydrogen-bond acceptors (Lipinski definition) is 6. The van der Waals surface area contributed by atoms with Crippen LogP contribution in [-0.2, 0) is 4.79 Å². The van der Waals surface area contributed by atoms with E-state index in [4.69, 9.17) is 16.3 Å². The molecule has 1 rings (SSSR count). The van der Waals surface area contributed by atoms with E-state index in [1.54, 1.807) is 4.90 Å². The number of nitrogens with one attached hydrogen (secondary N) is 1. The molecule has 1 heterocycles. The zero-order valence-electron chi connectivity index (χ0n) is 10.6. The van der Waals surface area contributed by atoms with Crippen LogP contribution in [0.25, 0.3) is 0 Å². The van der Waals surface area contributed by atoms with Crippen LogP contribution >= 0.6 is 11.6 Å². The normalized spacial score (nSPS) is 10.0. The summed E-state index contributed by atoms with van der Waals surface area (Å²) in [6, 6.07) is 0.124. The van der Waals surface area contributed by atoms with Crippen LogP contribution in [0.4, 0.5) is 5.95 Å². The van der Waals surface area contributed by atoms with Crippen LogP contribution in [0.3, 0.4) is 0 Å². The molecule has 8 heteroatoms. The molecule has 0 aliphatic heterocycles. The number of nitrogens with zero attached hydrogens (tertiary/aromatic N) is 4. The number of ether oxygens (including phenoxy) is 1. The molecule has 18 heavy (non-hydrogen) atoms. The van der Waals surface area contributed by atoms with Crippen molar-refractivity contribution in [3.05, 3.63) is 5.28 Å². The fraction of sp³-hybridized carbons (Fsp3) is 0.600. The number of carbonyl (C=O) groups is 1. The van der Waals surface area contributed by atoms with Gasteiger partial charge in [-0.05, 0) is 25.4 Å². The number of anilines is 1. The van der Waals surface area contributed by atoms with Gasteiger partial charge in [-0.1, -0.05) is 0 Å². The maximum atomic E-state index is 11.5. The van der Waals surface area contributed by atoms with Gasteiger partial charge in [-0.15, -0.1) is 0 Å². The van der Waals surface area contributed by atoms with Crippen LogP contribution in [0.5, 0.6) is 6.01 Å². The minimum atomic E-state index is -0.102. The first kappa shape index (κ1) is 14.4. The Morgan fingerprint density at radius 2 is 2.11 bits per heavy atom.